The summed E-state index contributed by atoms with van der Waals surface area (Å²) in [7, 11) is 0. The molecule has 0 spiro atoms. The first-order chi connectivity index (χ1) is 8.63. The van der Waals surface area contributed by atoms with Crippen LogP contribution in [0.4, 0.5) is 0 Å². The van der Waals surface area contributed by atoms with Crippen molar-refractivity contribution in [1.82, 2.24) is 10.6 Å². The topological polar surface area (TPSA) is 36.4 Å². The van der Waals surface area contributed by atoms with E-state index in [9.17, 15) is 0 Å². The normalized spacial score (nSPS) is 27.6. The molecule has 2 aliphatic heterocycles. The van der Waals surface area contributed by atoms with Gasteiger partial charge in [-0.3, -0.25) is 0 Å². The van der Waals surface area contributed by atoms with Gasteiger partial charge in [-0.15, -0.1) is 0 Å². The molecule has 3 heteroatoms. The van der Waals surface area contributed by atoms with E-state index < -0.39 is 0 Å². The molecular formula is C15H23N3. The second-order valence-electron chi connectivity index (χ2n) is 5.16. The van der Waals surface area contributed by atoms with E-state index in [1.54, 1.807) is 6.34 Å². The van der Waals surface area contributed by atoms with Crippen LogP contribution in [0.15, 0.2) is 40.7 Å². The highest BCUT2D eigenvalue weighted by molar-refractivity contribution is 5.67. The van der Waals surface area contributed by atoms with Gasteiger partial charge in [-0.05, 0) is 37.3 Å². The number of nitrogens with one attached hydrogen (secondary N) is 2. The van der Waals surface area contributed by atoms with Gasteiger partial charge in [0.05, 0.1) is 12.0 Å². The first-order valence-corrected chi connectivity index (χ1v) is 6.78. The van der Waals surface area contributed by atoms with Gasteiger partial charge in [0.25, 0.3) is 0 Å². The Morgan fingerprint density at radius 1 is 1.50 bits per heavy atom. The Hall–Kier alpha value is -1.35. The number of hydrogen-bond donors (Lipinski definition) is 2. The van der Waals surface area contributed by atoms with Gasteiger partial charge in [-0.1, -0.05) is 26.5 Å². The zero-order valence-corrected chi connectivity index (χ0v) is 11.4. The lowest BCUT2D eigenvalue weighted by atomic mass is 9.99. The van der Waals surface area contributed by atoms with Crippen LogP contribution in [0.3, 0.4) is 0 Å². The van der Waals surface area contributed by atoms with Crippen LogP contribution in [0.25, 0.3) is 0 Å². The molecule has 2 rings (SSSR count). The zero-order valence-electron chi connectivity index (χ0n) is 11.4. The van der Waals surface area contributed by atoms with E-state index in [4.69, 9.17) is 0 Å². The fourth-order valence-electron chi connectivity index (χ4n) is 2.68. The summed E-state index contributed by atoms with van der Waals surface area (Å²) in [5.41, 5.74) is 4.12. The molecule has 0 aromatic heterocycles. The molecule has 0 radical (unpaired) electrons. The lowest BCUT2D eigenvalue weighted by molar-refractivity contribution is 0.529. The third kappa shape index (κ3) is 2.56. The summed E-state index contributed by atoms with van der Waals surface area (Å²) < 4.78 is 0. The van der Waals surface area contributed by atoms with E-state index >= 15 is 0 Å². The SMILES string of the molecule is C=C1NC=NC(C(=C)C2CCC(CCC)N2)=C1C. The number of allylic oxidation sites excluding steroid dienone is 1. The Kier molecular flexibility index (Phi) is 4.02. The van der Waals surface area contributed by atoms with Gasteiger partial charge in [0.2, 0.25) is 0 Å². The van der Waals surface area contributed by atoms with Crippen LogP contribution in [0.1, 0.15) is 39.5 Å². The molecule has 0 aliphatic carbocycles. The monoisotopic (exact) mass is 245 g/mol. The summed E-state index contributed by atoms with van der Waals surface area (Å²) in [4.78, 5) is 4.42. The molecule has 2 N–H and O–H groups in total. The van der Waals surface area contributed by atoms with Crippen molar-refractivity contribution < 1.29 is 0 Å². The summed E-state index contributed by atoms with van der Waals surface area (Å²) in [6, 6.07) is 1.01. The summed E-state index contributed by atoms with van der Waals surface area (Å²) in [5, 5.41) is 6.70. The van der Waals surface area contributed by atoms with Gasteiger partial charge in [0.1, 0.15) is 0 Å². The lowest BCUT2D eigenvalue weighted by Gasteiger charge is -2.21. The molecule has 18 heavy (non-hydrogen) atoms. The van der Waals surface area contributed by atoms with Gasteiger partial charge >= 0.3 is 0 Å². The number of aliphatic imine (C=N–C) groups is 1. The maximum atomic E-state index is 4.42. The molecule has 2 aliphatic rings. The van der Waals surface area contributed by atoms with Crippen molar-refractivity contribution in [3.8, 4) is 0 Å². The Balaban J connectivity index is 2.07. The third-order valence-corrected chi connectivity index (χ3v) is 3.84. The smallest absolute Gasteiger partial charge is 0.0930 e. The van der Waals surface area contributed by atoms with Crippen molar-refractivity contribution in [2.75, 3.05) is 0 Å². The van der Waals surface area contributed by atoms with Gasteiger partial charge in [0, 0.05) is 17.8 Å². The standard InChI is InChI=1S/C15H23N3/c1-5-6-13-7-8-14(18-13)11(3)15-10(2)12(4)16-9-17-15/h9,13-14,18H,3-8H2,1-2H3,(H,16,17). The maximum absolute atomic E-state index is 4.42. The minimum absolute atomic E-state index is 0.370. The van der Waals surface area contributed by atoms with Gasteiger partial charge < -0.3 is 10.6 Å². The quantitative estimate of drug-likeness (QED) is 0.799. The molecule has 0 bridgehead atoms. The molecule has 0 aromatic rings. The average molecular weight is 245 g/mol. The summed E-state index contributed by atoms with van der Waals surface area (Å²) >= 11 is 0. The van der Waals surface area contributed by atoms with Crippen LogP contribution >= 0.6 is 0 Å². The van der Waals surface area contributed by atoms with Crippen molar-refractivity contribution in [1.29, 1.82) is 0 Å². The molecule has 2 heterocycles. The van der Waals surface area contributed by atoms with Crippen LogP contribution in [0.5, 0.6) is 0 Å². The molecule has 0 saturated carbocycles. The van der Waals surface area contributed by atoms with Gasteiger partial charge in [-0.2, -0.15) is 0 Å². The van der Waals surface area contributed by atoms with Crippen LogP contribution in [-0.2, 0) is 0 Å². The highest BCUT2D eigenvalue weighted by Crippen LogP contribution is 2.29. The average Bonchev–Trinajstić information content (AvgIpc) is 2.81. The second kappa shape index (κ2) is 5.53. The lowest BCUT2D eigenvalue weighted by Crippen LogP contribution is -2.31. The molecular weight excluding hydrogens is 222 g/mol. The number of hydrogen-bond acceptors (Lipinski definition) is 3. The highest BCUT2D eigenvalue weighted by Gasteiger charge is 2.27. The van der Waals surface area contributed by atoms with Crippen LogP contribution in [-0.4, -0.2) is 18.4 Å². The van der Waals surface area contributed by atoms with E-state index in [0.717, 1.165) is 29.0 Å². The van der Waals surface area contributed by atoms with Gasteiger partial charge in [-0.25, -0.2) is 4.99 Å². The highest BCUT2D eigenvalue weighted by atomic mass is 15.0. The first kappa shape index (κ1) is 13.1. The van der Waals surface area contributed by atoms with Crippen molar-refractivity contribution in [2.45, 2.75) is 51.6 Å². The van der Waals surface area contributed by atoms with Crippen LogP contribution < -0.4 is 10.6 Å². The largest absolute Gasteiger partial charge is 0.347 e. The van der Waals surface area contributed by atoms with E-state index in [-0.39, 0.29) is 0 Å². The van der Waals surface area contributed by atoms with E-state index in [0.29, 0.717) is 12.1 Å². The Morgan fingerprint density at radius 2 is 2.28 bits per heavy atom. The van der Waals surface area contributed by atoms with E-state index in [1.165, 1.54) is 19.3 Å². The Bertz CT molecular complexity index is 417. The maximum Gasteiger partial charge on any atom is 0.0930 e. The summed E-state index contributed by atoms with van der Waals surface area (Å²) in [6.45, 7) is 12.5. The molecule has 98 valence electrons. The third-order valence-electron chi connectivity index (χ3n) is 3.84. The van der Waals surface area contributed by atoms with Crippen molar-refractivity contribution in [3.63, 3.8) is 0 Å². The molecule has 2 atom stereocenters. The van der Waals surface area contributed by atoms with Crippen molar-refractivity contribution in [3.05, 3.63) is 35.7 Å². The number of nitrogens with zero attached hydrogens (tertiary/aromatic N) is 1. The predicted octanol–water partition coefficient (Wildman–Crippen LogP) is 2.88. The molecule has 3 nitrogen and oxygen atoms in total. The fourth-order valence-corrected chi connectivity index (χ4v) is 2.68. The van der Waals surface area contributed by atoms with E-state index in [1.807, 2.05) is 6.92 Å². The van der Waals surface area contributed by atoms with Crippen LogP contribution in [0, 0.1) is 0 Å². The van der Waals surface area contributed by atoms with Crippen molar-refractivity contribution in [2.24, 2.45) is 4.99 Å². The minimum atomic E-state index is 0.370. The van der Waals surface area contributed by atoms with Crippen molar-refractivity contribution >= 4 is 6.34 Å². The summed E-state index contributed by atoms with van der Waals surface area (Å²) in [5.74, 6) is 0. The molecule has 1 saturated heterocycles. The summed E-state index contributed by atoms with van der Waals surface area (Å²) in [6.07, 6.45) is 6.59. The molecule has 2 unspecified atom stereocenters. The fraction of sp³-hybridized carbons (Fsp3) is 0.533. The first-order valence-electron chi connectivity index (χ1n) is 6.78. The Morgan fingerprint density at radius 3 is 3.00 bits per heavy atom. The zero-order chi connectivity index (χ0) is 13.1. The predicted molar refractivity (Wildman–Crippen MR) is 77.5 cm³/mol. The molecule has 0 aromatic carbocycles. The molecule has 1 fully saturated rings. The Labute approximate surface area is 110 Å². The van der Waals surface area contributed by atoms with Crippen LogP contribution in [0.2, 0.25) is 0 Å². The number of rotatable bonds is 4. The van der Waals surface area contributed by atoms with Gasteiger partial charge in [0.15, 0.2) is 0 Å². The molecule has 0 amide bonds. The second-order valence-corrected chi connectivity index (χ2v) is 5.16. The van der Waals surface area contributed by atoms with E-state index in [2.05, 4.69) is 35.7 Å². The minimum Gasteiger partial charge on any atom is -0.347 e.